The van der Waals surface area contributed by atoms with E-state index >= 15 is 0 Å². The lowest BCUT2D eigenvalue weighted by atomic mass is 9.48. The van der Waals surface area contributed by atoms with Gasteiger partial charge in [0.1, 0.15) is 5.65 Å². The number of aryl methyl sites for hydroxylation is 4. The van der Waals surface area contributed by atoms with Gasteiger partial charge in [0, 0.05) is 49.8 Å². The second kappa shape index (κ2) is 8.64. The summed E-state index contributed by atoms with van der Waals surface area (Å²) in [4.78, 5) is 5.19. The molecule has 0 atom stereocenters. The standard InChI is InChI=1S/C41H30BN3/c1-23-17-25(3)38-31(19-23)32-20-24(2)18-26(4)39(32)45(38)42-33-15-9-10-16-35(33)44-40-34(42)21-27-11-5-7-13-29(27)36(40)37-30-14-8-6-12-28(30)22-43-41(37)44/h5-22H,1-4H3. The van der Waals surface area contributed by atoms with E-state index in [-0.39, 0.29) is 6.85 Å². The van der Waals surface area contributed by atoms with Crippen LogP contribution in [0.1, 0.15) is 22.3 Å². The van der Waals surface area contributed by atoms with E-state index in [1.165, 1.54) is 98.5 Å². The van der Waals surface area contributed by atoms with Crippen LogP contribution >= 0.6 is 0 Å². The third-order valence-corrected chi connectivity index (χ3v) is 10.2. The summed E-state index contributed by atoms with van der Waals surface area (Å²) in [6, 6.07) is 38.5. The first-order valence-electron chi connectivity index (χ1n) is 15.8. The maximum Gasteiger partial charge on any atom is 0.332 e. The molecule has 1 aliphatic heterocycles. The number of hydrogen-bond acceptors (Lipinski definition) is 1. The number of benzene rings is 6. The van der Waals surface area contributed by atoms with Crippen molar-refractivity contribution < 1.29 is 0 Å². The van der Waals surface area contributed by atoms with Gasteiger partial charge >= 0.3 is 6.85 Å². The SMILES string of the molecule is Cc1cc(C)c2c(c1)c1cc(C)cc(C)c1n2B1c2ccccc2-n2c3ncc4ccccc4c3c3c4ccccc4cc1c32. The van der Waals surface area contributed by atoms with Crippen LogP contribution in [0.5, 0.6) is 0 Å². The van der Waals surface area contributed by atoms with Crippen LogP contribution in [0.3, 0.4) is 0 Å². The Bertz CT molecular complexity index is 2700. The highest BCUT2D eigenvalue weighted by molar-refractivity contribution is 6.88. The molecule has 0 amide bonds. The topological polar surface area (TPSA) is 22.8 Å². The van der Waals surface area contributed by atoms with Gasteiger partial charge < -0.3 is 4.48 Å². The molecule has 0 spiro atoms. The Morgan fingerprint density at radius 3 is 1.84 bits per heavy atom. The van der Waals surface area contributed by atoms with Gasteiger partial charge in [-0.15, -0.1) is 0 Å². The predicted molar refractivity (Wildman–Crippen MR) is 192 cm³/mol. The van der Waals surface area contributed by atoms with Gasteiger partial charge in [-0.3, -0.25) is 4.57 Å². The predicted octanol–water partition coefficient (Wildman–Crippen LogP) is 8.79. The zero-order valence-corrected chi connectivity index (χ0v) is 25.8. The van der Waals surface area contributed by atoms with Crippen LogP contribution in [0.2, 0.25) is 0 Å². The first-order chi connectivity index (χ1) is 22.0. The third kappa shape index (κ3) is 3.14. The van der Waals surface area contributed by atoms with Gasteiger partial charge in [-0.05, 0) is 84.1 Å². The van der Waals surface area contributed by atoms with Gasteiger partial charge in [-0.1, -0.05) is 96.1 Å². The number of para-hydroxylation sites is 1. The van der Waals surface area contributed by atoms with Crippen LogP contribution in [0.25, 0.3) is 71.0 Å². The average molecular weight is 576 g/mol. The summed E-state index contributed by atoms with van der Waals surface area (Å²) in [5.41, 5.74) is 14.0. The highest BCUT2D eigenvalue weighted by atomic mass is 15.1. The molecule has 0 radical (unpaired) electrons. The molecule has 0 bridgehead atoms. The number of rotatable bonds is 1. The average Bonchev–Trinajstić information content (AvgIpc) is 3.56. The number of aromatic nitrogens is 3. The number of hydrogen-bond donors (Lipinski definition) is 0. The minimum atomic E-state index is -0.0146. The van der Waals surface area contributed by atoms with Crippen molar-refractivity contribution in [2.24, 2.45) is 0 Å². The van der Waals surface area contributed by atoms with Crippen molar-refractivity contribution in [1.82, 2.24) is 14.0 Å². The molecule has 0 fully saturated rings. The molecule has 3 nitrogen and oxygen atoms in total. The van der Waals surface area contributed by atoms with Crippen molar-refractivity contribution in [3.63, 3.8) is 0 Å². The minimum Gasteiger partial charge on any atom is -0.375 e. The van der Waals surface area contributed by atoms with E-state index in [0.717, 1.165) is 5.65 Å². The van der Waals surface area contributed by atoms with Crippen molar-refractivity contribution >= 4 is 83.1 Å². The van der Waals surface area contributed by atoms with Crippen molar-refractivity contribution in [3.8, 4) is 5.69 Å². The van der Waals surface area contributed by atoms with E-state index in [2.05, 4.69) is 140 Å². The van der Waals surface area contributed by atoms with Gasteiger partial charge in [0.25, 0.3) is 0 Å². The lowest BCUT2D eigenvalue weighted by molar-refractivity contribution is 1.14. The Hall–Kier alpha value is -5.35. The van der Waals surface area contributed by atoms with E-state index in [1.54, 1.807) is 0 Å². The highest BCUT2D eigenvalue weighted by Crippen LogP contribution is 2.42. The molecule has 4 heteroatoms. The normalized spacial score (nSPS) is 12.8. The van der Waals surface area contributed by atoms with Crippen LogP contribution in [0, 0.1) is 27.7 Å². The maximum absolute atomic E-state index is 5.19. The van der Waals surface area contributed by atoms with E-state index in [0.29, 0.717) is 0 Å². The molecule has 212 valence electrons. The van der Waals surface area contributed by atoms with Crippen LogP contribution in [0.15, 0.2) is 109 Å². The molecule has 4 heterocycles. The van der Waals surface area contributed by atoms with Crippen LogP contribution in [0.4, 0.5) is 0 Å². The molecule has 0 saturated carbocycles. The fourth-order valence-corrected chi connectivity index (χ4v) is 8.68. The zero-order valence-electron chi connectivity index (χ0n) is 25.8. The third-order valence-electron chi connectivity index (χ3n) is 10.2. The quantitative estimate of drug-likeness (QED) is 0.180. The summed E-state index contributed by atoms with van der Waals surface area (Å²) in [6.45, 7) is 8.99. The Labute approximate surface area is 261 Å². The largest absolute Gasteiger partial charge is 0.375 e. The van der Waals surface area contributed by atoms with E-state index in [4.69, 9.17) is 4.98 Å². The molecule has 0 N–H and O–H groups in total. The molecule has 3 aromatic heterocycles. The van der Waals surface area contributed by atoms with Crippen molar-refractivity contribution in [3.05, 3.63) is 132 Å². The first kappa shape index (κ1) is 25.0. The Kier molecular flexibility index (Phi) is 4.80. The van der Waals surface area contributed by atoms with Crippen LogP contribution in [-0.2, 0) is 0 Å². The maximum atomic E-state index is 5.19. The molecule has 1 aliphatic rings. The van der Waals surface area contributed by atoms with Gasteiger partial charge in [-0.25, -0.2) is 4.98 Å². The summed E-state index contributed by atoms with van der Waals surface area (Å²) in [5, 5.41) is 10.2. The van der Waals surface area contributed by atoms with Gasteiger partial charge in [0.15, 0.2) is 0 Å². The minimum absolute atomic E-state index is 0.0146. The fraction of sp³-hybridized carbons (Fsp3) is 0.0976. The second-order valence-electron chi connectivity index (χ2n) is 13.1. The molecule has 10 rings (SSSR count). The molecule has 0 aliphatic carbocycles. The zero-order chi connectivity index (χ0) is 30.1. The first-order valence-corrected chi connectivity index (χ1v) is 15.8. The van der Waals surface area contributed by atoms with Gasteiger partial charge in [0.05, 0.1) is 5.52 Å². The molecular formula is C41H30BN3. The van der Waals surface area contributed by atoms with Crippen molar-refractivity contribution in [2.45, 2.75) is 27.7 Å². The lowest BCUT2D eigenvalue weighted by Crippen LogP contribution is -2.53. The molecule has 6 aromatic carbocycles. The Morgan fingerprint density at radius 1 is 0.533 bits per heavy atom. The summed E-state index contributed by atoms with van der Waals surface area (Å²) < 4.78 is 5.12. The summed E-state index contributed by atoms with van der Waals surface area (Å²) >= 11 is 0. The molecular weight excluding hydrogens is 545 g/mol. The summed E-state index contributed by atoms with van der Waals surface area (Å²) in [6.07, 6.45) is 2.04. The van der Waals surface area contributed by atoms with Crippen molar-refractivity contribution in [1.29, 1.82) is 0 Å². The summed E-state index contributed by atoms with van der Waals surface area (Å²) in [7, 11) is 0. The Balaban J connectivity index is 1.49. The summed E-state index contributed by atoms with van der Waals surface area (Å²) in [5.74, 6) is 0. The van der Waals surface area contributed by atoms with E-state index in [1.807, 2.05) is 6.20 Å². The molecule has 45 heavy (non-hydrogen) atoms. The molecule has 0 saturated heterocycles. The second-order valence-corrected chi connectivity index (χ2v) is 13.1. The number of pyridine rings is 1. The number of nitrogens with zero attached hydrogens (tertiary/aromatic N) is 3. The van der Waals surface area contributed by atoms with E-state index < -0.39 is 0 Å². The van der Waals surface area contributed by atoms with Gasteiger partial charge in [-0.2, -0.15) is 0 Å². The Morgan fingerprint density at radius 2 is 1.13 bits per heavy atom. The fourth-order valence-electron chi connectivity index (χ4n) is 8.68. The van der Waals surface area contributed by atoms with Crippen LogP contribution in [-0.4, -0.2) is 20.9 Å². The van der Waals surface area contributed by atoms with Crippen molar-refractivity contribution in [2.75, 3.05) is 0 Å². The molecule has 0 unspecified atom stereocenters. The molecule has 9 aromatic rings. The van der Waals surface area contributed by atoms with Gasteiger partial charge in [0.2, 0.25) is 0 Å². The smallest absolute Gasteiger partial charge is 0.332 e. The van der Waals surface area contributed by atoms with E-state index in [9.17, 15) is 0 Å². The monoisotopic (exact) mass is 575 g/mol. The number of fused-ring (bicyclic) bond motifs is 12. The highest BCUT2D eigenvalue weighted by Gasteiger charge is 2.38. The van der Waals surface area contributed by atoms with Crippen LogP contribution < -0.4 is 10.9 Å². The lowest BCUT2D eigenvalue weighted by Gasteiger charge is -2.29.